The Bertz CT molecular complexity index is 661. The van der Waals surface area contributed by atoms with Crippen LogP contribution in [0, 0.1) is 0 Å². The molecule has 1 aliphatic carbocycles. The summed E-state index contributed by atoms with van der Waals surface area (Å²) in [6.07, 6.45) is 2.43. The van der Waals surface area contributed by atoms with E-state index < -0.39 is 16.0 Å². The molecule has 6 nitrogen and oxygen atoms in total. The third-order valence-corrected chi connectivity index (χ3v) is 7.96. The van der Waals surface area contributed by atoms with E-state index in [2.05, 4.69) is 20.8 Å². The van der Waals surface area contributed by atoms with Gasteiger partial charge in [-0.3, -0.25) is 4.90 Å². The standard InChI is InChI=1S/C12H15BrN2O4S2/c13-11-10(7-9(20-11)12(16)17)21(18,19)15-5-3-14(4-6-15)8-1-2-8/h7-8H,1-6H2,(H,16,17). The first-order valence-electron chi connectivity index (χ1n) is 6.66. The normalized spacial score (nSPS) is 21.6. The van der Waals surface area contributed by atoms with Gasteiger partial charge < -0.3 is 5.11 Å². The summed E-state index contributed by atoms with van der Waals surface area (Å²) in [6, 6.07) is 1.88. The average molecular weight is 395 g/mol. The Kier molecular flexibility index (Phi) is 4.12. The topological polar surface area (TPSA) is 77.9 Å². The Balaban J connectivity index is 1.79. The Morgan fingerprint density at radius 2 is 1.90 bits per heavy atom. The quantitative estimate of drug-likeness (QED) is 0.840. The van der Waals surface area contributed by atoms with Crippen LogP contribution in [0.1, 0.15) is 22.5 Å². The number of hydrogen-bond donors (Lipinski definition) is 1. The van der Waals surface area contributed by atoms with Crippen molar-refractivity contribution in [2.24, 2.45) is 0 Å². The molecule has 1 aliphatic heterocycles. The molecule has 1 aromatic heterocycles. The Morgan fingerprint density at radius 3 is 2.38 bits per heavy atom. The first-order chi connectivity index (χ1) is 9.89. The van der Waals surface area contributed by atoms with Gasteiger partial charge in [0.05, 0.1) is 3.79 Å². The molecule has 2 heterocycles. The summed E-state index contributed by atoms with van der Waals surface area (Å²) in [7, 11) is -3.63. The fourth-order valence-electron chi connectivity index (χ4n) is 2.52. The van der Waals surface area contributed by atoms with Crippen molar-refractivity contribution in [3.8, 4) is 0 Å². The van der Waals surface area contributed by atoms with Gasteiger partial charge >= 0.3 is 5.97 Å². The van der Waals surface area contributed by atoms with Crippen LogP contribution in [0.3, 0.4) is 0 Å². The van der Waals surface area contributed by atoms with Crippen LogP contribution in [0.5, 0.6) is 0 Å². The average Bonchev–Trinajstić information content (AvgIpc) is 3.21. The lowest BCUT2D eigenvalue weighted by atomic mass is 10.3. The molecule has 0 spiro atoms. The van der Waals surface area contributed by atoms with Crippen LogP contribution >= 0.6 is 27.3 Å². The summed E-state index contributed by atoms with van der Waals surface area (Å²) < 4.78 is 27.1. The van der Waals surface area contributed by atoms with Crippen LogP contribution in [0.25, 0.3) is 0 Å². The maximum absolute atomic E-state index is 12.6. The lowest BCUT2D eigenvalue weighted by molar-refractivity contribution is 0.0702. The van der Waals surface area contributed by atoms with Crippen molar-refractivity contribution >= 4 is 43.3 Å². The highest BCUT2D eigenvalue weighted by Crippen LogP contribution is 2.34. The first kappa shape index (κ1) is 15.4. The molecule has 3 rings (SSSR count). The van der Waals surface area contributed by atoms with Crippen molar-refractivity contribution < 1.29 is 18.3 Å². The highest BCUT2D eigenvalue weighted by atomic mass is 79.9. The summed E-state index contributed by atoms with van der Waals surface area (Å²) in [5.74, 6) is -1.11. The van der Waals surface area contributed by atoms with Gasteiger partial charge in [-0.15, -0.1) is 11.3 Å². The predicted octanol–water partition coefficient (Wildman–Crippen LogP) is 1.68. The summed E-state index contributed by atoms with van der Waals surface area (Å²) in [6.45, 7) is 2.42. The van der Waals surface area contributed by atoms with Gasteiger partial charge in [0, 0.05) is 32.2 Å². The van der Waals surface area contributed by atoms with Crippen molar-refractivity contribution in [3.05, 3.63) is 14.7 Å². The lowest BCUT2D eigenvalue weighted by Crippen LogP contribution is -2.49. The van der Waals surface area contributed by atoms with Gasteiger partial charge in [0.2, 0.25) is 10.0 Å². The molecule has 116 valence electrons. The zero-order valence-electron chi connectivity index (χ0n) is 11.2. The van der Waals surface area contributed by atoms with Crippen LogP contribution < -0.4 is 0 Å². The number of halogens is 1. The third-order valence-electron chi connectivity index (χ3n) is 3.82. The smallest absolute Gasteiger partial charge is 0.345 e. The SMILES string of the molecule is O=C(O)c1cc(S(=O)(=O)N2CCN(C3CC3)CC2)c(Br)s1. The largest absolute Gasteiger partial charge is 0.477 e. The molecule has 1 saturated heterocycles. The van der Waals surface area contributed by atoms with E-state index in [0.717, 1.165) is 24.4 Å². The van der Waals surface area contributed by atoms with E-state index in [9.17, 15) is 13.2 Å². The van der Waals surface area contributed by atoms with E-state index in [1.807, 2.05) is 0 Å². The van der Waals surface area contributed by atoms with Gasteiger partial charge in [-0.05, 0) is 34.8 Å². The van der Waals surface area contributed by atoms with Crippen LogP contribution in [-0.2, 0) is 10.0 Å². The second-order valence-electron chi connectivity index (χ2n) is 5.22. The van der Waals surface area contributed by atoms with E-state index in [1.165, 1.54) is 23.2 Å². The molecular formula is C12H15BrN2O4S2. The number of hydrogen-bond acceptors (Lipinski definition) is 5. The first-order valence-corrected chi connectivity index (χ1v) is 9.71. The van der Waals surface area contributed by atoms with Crippen molar-refractivity contribution in [1.82, 2.24) is 9.21 Å². The molecule has 0 bridgehead atoms. The molecule has 1 saturated carbocycles. The number of piperazine rings is 1. The highest BCUT2D eigenvalue weighted by molar-refractivity contribution is 9.11. The van der Waals surface area contributed by atoms with Gasteiger partial charge in [0.1, 0.15) is 9.77 Å². The number of sulfonamides is 1. The zero-order chi connectivity index (χ0) is 15.2. The Morgan fingerprint density at radius 1 is 1.29 bits per heavy atom. The number of aromatic carboxylic acids is 1. The van der Waals surface area contributed by atoms with E-state index in [1.54, 1.807) is 0 Å². The molecule has 0 atom stereocenters. The summed E-state index contributed by atoms with van der Waals surface area (Å²) in [4.78, 5) is 13.4. The monoisotopic (exact) mass is 394 g/mol. The fraction of sp³-hybridized carbons (Fsp3) is 0.583. The van der Waals surface area contributed by atoms with Crippen molar-refractivity contribution in [1.29, 1.82) is 0 Å². The van der Waals surface area contributed by atoms with Gasteiger partial charge in [-0.25, -0.2) is 13.2 Å². The van der Waals surface area contributed by atoms with Crippen LogP contribution in [0.2, 0.25) is 0 Å². The maximum Gasteiger partial charge on any atom is 0.345 e. The van der Waals surface area contributed by atoms with Crippen LogP contribution in [0.4, 0.5) is 0 Å². The van der Waals surface area contributed by atoms with Crippen LogP contribution in [0.15, 0.2) is 14.7 Å². The molecule has 0 unspecified atom stereocenters. The van der Waals surface area contributed by atoms with E-state index in [-0.39, 0.29) is 9.77 Å². The minimum absolute atomic E-state index is 0.0251. The molecular weight excluding hydrogens is 380 g/mol. The van der Waals surface area contributed by atoms with E-state index in [0.29, 0.717) is 22.9 Å². The number of carbonyl (C=O) groups is 1. The predicted molar refractivity (Wildman–Crippen MR) is 82.3 cm³/mol. The molecule has 1 aromatic rings. The van der Waals surface area contributed by atoms with Gasteiger partial charge in [-0.1, -0.05) is 0 Å². The molecule has 0 aromatic carbocycles. The Hall–Kier alpha value is -0.480. The number of rotatable bonds is 4. The number of nitrogens with zero attached hydrogens (tertiary/aromatic N) is 2. The van der Waals surface area contributed by atoms with Gasteiger partial charge in [0.25, 0.3) is 0 Å². The fourth-order valence-corrected chi connectivity index (χ4v) is 6.30. The minimum Gasteiger partial charge on any atom is -0.477 e. The van der Waals surface area contributed by atoms with E-state index in [4.69, 9.17) is 5.11 Å². The third kappa shape index (κ3) is 3.02. The van der Waals surface area contributed by atoms with E-state index >= 15 is 0 Å². The Labute approximate surface area is 135 Å². The van der Waals surface area contributed by atoms with Gasteiger partial charge in [0.15, 0.2) is 0 Å². The molecule has 1 N–H and O–H groups in total. The molecule has 0 radical (unpaired) electrons. The summed E-state index contributed by atoms with van der Waals surface area (Å²) in [5.41, 5.74) is 0. The molecule has 9 heteroatoms. The zero-order valence-corrected chi connectivity index (χ0v) is 14.4. The molecule has 21 heavy (non-hydrogen) atoms. The summed E-state index contributed by atoms with van der Waals surface area (Å²) in [5, 5.41) is 8.98. The minimum atomic E-state index is -3.63. The summed E-state index contributed by atoms with van der Waals surface area (Å²) >= 11 is 4.10. The van der Waals surface area contributed by atoms with Crippen molar-refractivity contribution in [2.75, 3.05) is 26.2 Å². The highest BCUT2D eigenvalue weighted by Gasteiger charge is 2.36. The molecule has 2 aliphatic rings. The number of thiophene rings is 1. The van der Waals surface area contributed by atoms with Crippen molar-refractivity contribution in [3.63, 3.8) is 0 Å². The maximum atomic E-state index is 12.6. The molecule has 2 fully saturated rings. The number of carboxylic acids is 1. The second-order valence-corrected chi connectivity index (χ2v) is 9.50. The van der Waals surface area contributed by atoms with Gasteiger partial charge in [-0.2, -0.15) is 4.31 Å². The van der Waals surface area contributed by atoms with Crippen LogP contribution in [-0.4, -0.2) is 60.9 Å². The number of carboxylic acid groups (broad SMARTS) is 1. The molecule has 0 amide bonds. The lowest BCUT2D eigenvalue weighted by Gasteiger charge is -2.33. The second kappa shape index (κ2) is 5.62. The van der Waals surface area contributed by atoms with Crippen molar-refractivity contribution in [2.45, 2.75) is 23.8 Å².